The fraction of sp³-hybridized carbons (Fsp3) is 0.880. The predicted octanol–water partition coefficient (Wildman–Crippen LogP) is 6.07. The van der Waals surface area contributed by atoms with Gasteiger partial charge in [-0.25, -0.2) is 0 Å². The number of carbonyl (C=O) groups excluding carboxylic acids is 2. The summed E-state index contributed by atoms with van der Waals surface area (Å²) in [6, 6.07) is 0. The van der Waals surface area contributed by atoms with E-state index in [1.54, 1.807) is 14.2 Å². The lowest BCUT2D eigenvalue weighted by Crippen LogP contribution is -2.12. The number of carboxylic acids is 1. The Balaban J connectivity index is 0. The first-order chi connectivity index (χ1) is 15.5. The molecule has 0 atom stereocenters. The highest BCUT2D eigenvalue weighted by molar-refractivity contribution is 5.69. The standard InChI is InChI=1S/C13H26O4.C12H22O3/c1-16-13(17-2)11-9-7-5-3-4-6-8-10-12(14)15;1-15-12(14)10-8-6-4-2-3-5-7-9-11-13/h13H,3-11H2,1-2H3,(H,14,15);11H,2-10H2,1H3. The summed E-state index contributed by atoms with van der Waals surface area (Å²) < 4.78 is 14.8. The summed E-state index contributed by atoms with van der Waals surface area (Å²) in [5.74, 6) is -0.795. The Kier molecular flexibility index (Phi) is 28.2. The fourth-order valence-electron chi connectivity index (χ4n) is 3.29. The Morgan fingerprint density at radius 1 is 0.688 bits per heavy atom. The fourth-order valence-corrected chi connectivity index (χ4v) is 3.29. The zero-order valence-corrected chi connectivity index (χ0v) is 20.8. The molecule has 0 radical (unpaired) electrons. The number of aliphatic carboxylic acids is 1. The molecule has 0 aliphatic heterocycles. The van der Waals surface area contributed by atoms with Crippen LogP contribution in [0.3, 0.4) is 0 Å². The first kappa shape index (κ1) is 32.7. The zero-order chi connectivity index (χ0) is 24.3. The van der Waals surface area contributed by atoms with Crippen LogP contribution in [-0.2, 0) is 28.6 Å². The van der Waals surface area contributed by atoms with Gasteiger partial charge in [0.1, 0.15) is 6.29 Å². The van der Waals surface area contributed by atoms with Gasteiger partial charge in [-0.05, 0) is 32.1 Å². The van der Waals surface area contributed by atoms with Crippen molar-refractivity contribution in [3.05, 3.63) is 0 Å². The van der Waals surface area contributed by atoms with Crippen molar-refractivity contribution in [3.8, 4) is 0 Å². The van der Waals surface area contributed by atoms with Crippen molar-refractivity contribution >= 4 is 18.2 Å². The molecule has 0 aliphatic carbocycles. The quantitative estimate of drug-likeness (QED) is 0.0905. The summed E-state index contributed by atoms with van der Waals surface area (Å²) in [7, 11) is 4.75. The van der Waals surface area contributed by atoms with Crippen molar-refractivity contribution < 1.29 is 33.7 Å². The molecule has 0 heterocycles. The lowest BCUT2D eigenvalue weighted by molar-refractivity contribution is -0.141. The summed E-state index contributed by atoms with van der Waals surface area (Å²) in [6.07, 6.45) is 18.9. The molecular formula is C25H48O7. The SMILES string of the molecule is COC(=O)CCCCCCCCCC=O.COC(CCCCCCCCCC(=O)O)OC. The van der Waals surface area contributed by atoms with Crippen LogP contribution in [0.2, 0.25) is 0 Å². The molecule has 190 valence electrons. The van der Waals surface area contributed by atoms with Crippen molar-refractivity contribution in [2.24, 2.45) is 0 Å². The van der Waals surface area contributed by atoms with Crippen LogP contribution < -0.4 is 0 Å². The zero-order valence-electron chi connectivity index (χ0n) is 20.8. The van der Waals surface area contributed by atoms with Crippen LogP contribution in [0.15, 0.2) is 0 Å². The molecule has 0 aromatic rings. The molecule has 0 saturated heterocycles. The Morgan fingerprint density at radius 3 is 1.56 bits per heavy atom. The van der Waals surface area contributed by atoms with E-state index < -0.39 is 5.97 Å². The molecule has 0 saturated carbocycles. The molecule has 0 rings (SSSR count). The van der Waals surface area contributed by atoms with Gasteiger partial charge in [-0.1, -0.05) is 64.2 Å². The second-order valence-corrected chi connectivity index (χ2v) is 8.06. The number of hydrogen-bond acceptors (Lipinski definition) is 6. The number of rotatable bonds is 22. The third-order valence-corrected chi connectivity index (χ3v) is 5.29. The minimum Gasteiger partial charge on any atom is -0.481 e. The number of ether oxygens (including phenoxy) is 3. The van der Waals surface area contributed by atoms with Crippen LogP contribution in [-0.4, -0.2) is 51.0 Å². The second-order valence-electron chi connectivity index (χ2n) is 8.06. The number of carbonyl (C=O) groups is 3. The number of hydrogen-bond donors (Lipinski definition) is 1. The van der Waals surface area contributed by atoms with Crippen molar-refractivity contribution in [1.29, 1.82) is 0 Å². The summed E-state index contributed by atoms with van der Waals surface area (Å²) >= 11 is 0. The number of methoxy groups -OCH3 is 3. The lowest BCUT2D eigenvalue weighted by atomic mass is 10.1. The summed E-state index contributed by atoms with van der Waals surface area (Å²) in [5.41, 5.74) is 0. The maximum absolute atomic E-state index is 10.8. The molecule has 0 bridgehead atoms. The number of aldehydes is 1. The van der Waals surface area contributed by atoms with Crippen LogP contribution in [0, 0.1) is 0 Å². The van der Waals surface area contributed by atoms with E-state index in [4.69, 9.17) is 14.6 Å². The second kappa shape index (κ2) is 27.6. The van der Waals surface area contributed by atoms with Gasteiger partial charge in [0.2, 0.25) is 0 Å². The van der Waals surface area contributed by atoms with Crippen LogP contribution in [0.4, 0.5) is 0 Å². The van der Waals surface area contributed by atoms with E-state index in [2.05, 4.69) is 4.74 Å². The summed E-state index contributed by atoms with van der Waals surface area (Å²) in [6.45, 7) is 0. The van der Waals surface area contributed by atoms with Gasteiger partial charge in [0.25, 0.3) is 0 Å². The minimum atomic E-state index is -0.685. The summed E-state index contributed by atoms with van der Waals surface area (Å²) in [4.78, 5) is 31.1. The van der Waals surface area contributed by atoms with Gasteiger partial charge in [-0.15, -0.1) is 0 Å². The van der Waals surface area contributed by atoms with E-state index in [0.29, 0.717) is 19.3 Å². The first-order valence-electron chi connectivity index (χ1n) is 12.3. The molecule has 0 fully saturated rings. The van der Waals surface area contributed by atoms with Gasteiger partial charge in [-0.2, -0.15) is 0 Å². The van der Waals surface area contributed by atoms with Crippen molar-refractivity contribution in [3.63, 3.8) is 0 Å². The maximum Gasteiger partial charge on any atom is 0.305 e. The normalized spacial score (nSPS) is 10.5. The van der Waals surface area contributed by atoms with Crippen LogP contribution in [0.1, 0.15) is 116 Å². The molecule has 0 aromatic heterocycles. The first-order valence-corrected chi connectivity index (χ1v) is 12.3. The van der Waals surface area contributed by atoms with Gasteiger partial charge in [0, 0.05) is 33.5 Å². The Labute approximate surface area is 195 Å². The van der Waals surface area contributed by atoms with Crippen molar-refractivity contribution in [2.45, 2.75) is 122 Å². The topological polar surface area (TPSA) is 99.1 Å². The molecule has 7 heteroatoms. The molecule has 0 aliphatic rings. The van der Waals surface area contributed by atoms with Gasteiger partial charge in [0.05, 0.1) is 7.11 Å². The van der Waals surface area contributed by atoms with Gasteiger partial charge in [0.15, 0.2) is 6.29 Å². The Hall–Kier alpha value is -1.47. The monoisotopic (exact) mass is 460 g/mol. The molecule has 0 amide bonds. The highest BCUT2D eigenvalue weighted by atomic mass is 16.7. The molecule has 0 spiro atoms. The van der Waals surface area contributed by atoms with E-state index in [1.807, 2.05) is 0 Å². The average molecular weight is 461 g/mol. The third-order valence-electron chi connectivity index (χ3n) is 5.29. The van der Waals surface area contributed by atoms with Gasteiger partial charge >= 0.3 is 11.9 Å². The molecular weight excluding hydrogens is 412 g/mol. The van der Waals surface area contributed by atoms with E-state index in [1.165, 1.54) is 45.6 Å². The number of unbranched alkanes of at least 4 members (excludes halogenated alkanes) is 13. The molecule has 32 heavy (non-hydrogen) atoms. The smallest absolute Gasteiger partial charge is 0.305 e. The highest BCUT2D eigenvalue weighted by Gasteiger charge is 2.03. The molecule has 0 aromatic carbocycles. The summed E-state index contributed by atoms with van der Waals surface area (Å²) in [5, 5.41) is 8.46. The maximum atomic E-state index is 10.8. The van der Waals surface area contributed by atoms with Crippen LogP contribution in [0.5, 0.6) is 0 Å². The van der Waals surface area contributed by atoms with Gasteiger partial charge in [-0.3, -0.25) is 9.59 Å². The third kappa shape index (κ3) is 28.5. The van der Waals surface area contributed by atoms with Gasteiger partial charge < -0.3 is 24.1 Å². The average Bonchev–Trinajstić information content (AvgIpc) is 2.79. The highest BCUT2D eigenvalue weighted by Crippen LogP contribution is 2.12. The van der Waals surface area contributed by atoms with Crippen LogP contribution >= 0.6 is 0 Å². The van der Waals surface area contributed by atoms with E-state index in [9.17, 15) is 14.4 Å². The predicted molar refractivity (Wildman–Crippen MR) is 127 cm³/mol. The molecule has 0 unspecified atom stereocenters. The Bertz CT molecular complexity index is 423. The Morgan fingerprint density at radius 2 is 1.12 bits per heavy atom. The molecule has 7 nitrogen and oxygen atoms in total. The lowest BCUT2D eigenvalue weighted by Gasteiger charge is -2.12. The van der Waals surface area contributed by atoms with E-state index >= 15 is 0 Å². The minimum absolute atomic E-state index is 0.0643. The van der Waals surface area contributed by atoms with Crippen LogP contribution in [0.25, 0.3) is 0 Å². The van der Waals surface area contributed by atoms with Crippen molar-refractivity contribution in [2.75, 3.05) is 21.3 Å². The largest absolute Gasteiger partial charge is 0.481 e. The van der Waals surface area contributed by atoms with E-state index in [-0.39, 0.29) is 12.3 Å². The molecule has 1 N–H and O–H groups in total. The van der Waals surface area contributed by atoms with Crippen molar-refractivity contribution in [1.82, 2.24) is 0 Å². The van der Waals surface area contributed by atoms with E-state index in [0.717, 1.165) is 64.1 Å². The number of esters is 1. The number of carboxylic acid groups (broad SMARTS) is 1.